The predicted octanol–water partition coefficient (Wildman–Crippen LogP) is 14.4. The summed E-state index contributed by atoms with van der Waals surface area (Å²) in [6.45, 7) is 4.44. The third-order valence-corrected chi connectivity index (χ3v) is 12.7. The molecule has 0 amide bonds. The zero-order valence-corrected chi connectivity index (χ0v) is 35.9. The summed E-state index contributed by atoms with van der Waals surface area (Å²) in [6.07, 6.45) is 2.35. The van der Waals surface area contributed by atoms with Gasteiger partial charge in [0.05, 0.1) is 48.9 Å². The fourth-order valence-electron chi connectivity index (χ4n) is 9.56. The lowest BCUT2D eigenvalue weighted by molar-refractivity contribution is 0.414. The molecule has 0 N–H and O–H groups in total. The molecule has 0 aliphatic rings. The minimum Gasteiger partial charge on any atom is -0.497 e. The van der Waals surface area contributed by atoms with E-state index in [0.29, 0.717) is 0 Å². The third-order valence-electron chi connectivity index (χ3n) is 12.7. The van der Waals surface area contributed by atoms with Crippen molar-refractivity contribution in [2.75, 3.05) is 21.3 Å². The molecular weight excluding hydrogens is 775 g/mol. The lowest BCUT2D eigenvalue weighted by Crippen LogP contribution is -1.97. The first-order chi connectivity index (χ1) is 30.9. The Bertz CT molecular complexity index is 3570. The molecule has 6 nitrogen and oxygen atoms in total. The third kappa shape index (κ3) is 6.25. The molecule has 3 heterocycles. The summed E-state index contributed by atoms with van der Waals surface area (Å²) >= 11 is 0. The molecule has 63 heavy (non-hydrogen) atoms. The normalized spacial score (nSPS) is 12.0. The van der Waals surface area contributed by atoms with Crippen molar-refractivity contribution in [3.63, 3.8) is 0 Å². The Balaban J connectivity index is 1.07. The van der Waals surface area contributed by atoms with Gasteiger partial charge >= 0.3 is 0 Å². The number of hydrogen-bond acceptors (Lipinski definition) is 3. The number of para-hydroxylation sites is 2. The van der Waals surface area contributed by atoms with Crippen LogP contribution in [-0.4, -0.2) is 35.0 Å². The summed E-state index contributed by atoms with van der Waals surface area (Å²) in [4.78, 5) is 0. The van der Waals surface area contributed by atoms with E-state index in [4.69, 9.17) is 14.2 Å². The van der Waals surface area contributed by atoms with E-state index in [-0.39, 0.29) is 0 Å². The van der Waals surface area contributed by atoms with Gasteiger partial charge in [-0.1, -0.05) is 54.6 Å². The van der Waals surface area contributed by atoms with Gasteiger partial charge in [0.2, 0.25) is 0 Å². The SMILES string of the molecule is COc1ccc(-n2c(C)c(/C=C(\C)c3ccc4c(c3)c3cc(-c5ccc6c(c5)c5ccccc5n6-c5ccc(OC)cc5)ccc3n4-c3ccc(OC)cc3)c3ccccc32)cc1. The number of rotatable bonds is 9. The van der Waals surface area contributed by atoms with E-state index >= 15 is 0 Å². The number of hydrogen-bond donors (Lipinski definition) is 0. The Hall–Kier alpha value is -7.96. The van der Waals surface area contributed by atoms with Crippen LogP contribution in [0.25, 0.3) is 94.4 Å². The molecule has 6 heteroatoms. The zero-order valence-electron chi connectivity index (χ0n) is 35.9. The van der Waals surface area contributed by atoms with Crippen molar-refractivity contribution in [1.29, 1.82) is 0 Å². The Morgan fingerprint density at radius 3 is 1.30 bits per heavy atom. The molecule has 11 rings (SSSR count). The standard InChI is InChI=1S/C57H45N3O3/c1-36(32-49-37(2)58(53-12-8-6-10-47(49)53)41-17-23-44(61-3)24-18-41)38-14-29-56-51(33-38)52-35-40(16-31-57(52)60(56)43-21-27-46(63-5)28-22-43)39-15-30-55-50(34-39)48-11-7-9-13-54(48)59(55)42-19-25-45(62-4)26-20-42/h6-35H,1-5H3/b36-32+. The van der Waals surface area contributed by atoms with Gasteiger partial charge in [-0.15, -0.1) is 0 Å². The summed E-state index contributed by atoms with van der Waals surface area (Å²) in [7, 11) is 5.12. The number of aromatic nitrogens is 3. The first kappa shape index (κ1) is 38.0. The van der Waals surface area contributed by atoms with Gasteiger partial charge in [-0.2, -0.15) is 0 Å². The summed E-state index contributed by atoms with van der Waals surface area (Å²) in [6, 6.07) is 63.0. The Kier molecular flexibility index (Phi) is 9.16. The van der Waals surface area contributed by atoms with E-state index in [1.54, 1.807) is 21.3 Å². The molecule has 306 valence electrons. The van der Waals surface area contributed by atoms with E-state index in [1.807, 2.05) is 36.4 Å². The lowest BCUT2D eigenvalue weighted by Gasteiger charge is -2.10. The molecule has 0 aliphatic carbocycles. The largest absolute Gasteiger partial charge is 0.497 e. The van der Waals surface area contributed by atoms with Crippen LogP contribution in [-0.2, 0) is 0 Å². The minimum atomic E-state index is 0.831. The second-order valence-corrected chi connectivity index (χ2v) is 16.2. The van der Waals surface area contributed by atoms with Gasteiger partial charge in [-0.25, -0.2) is 0 Å². The van der Waals surface area contributed by atoms with Crippen molar-refractivity contribution in [2.24, 2.45) is 0 Å². The maximum atomic E-state index is 5.55. The second kappa shape index (κ2) is 15.2. The quantitative estimate of drug-likeness (QED) is 0.146. The van der Waals surface area contributed by atoms with E-state index in [0.717, 1.165) is 50.9 Å². The van der Waals surface area contributed by atoms with Gasteiger partial charge in [0, 0.05) is 55.3 Å². The van der Waals surface area contributed by atoms with Gasteiger partial charge < -0.3 is 27.9 Å². The monoisotopic (exact) mass is 819 g/mol. The molecule has 0 saturated carbocycles. The van der Waals surface area contributed by atoms with Crippen LogP contribution in [0.3, 0.4) is 0 Å². The van der Waals surface area contributed by atoms with Crippen LogP contribution in [0, 0.1) is 6.92 Å². The van der Waals surface area contributed by atoms with Gasteiger partial charge in [0.25, 0.3) is 0 Å². The highest BCUT2D eigenvalue weighted by atomic mass is 16.5. The molecule has 0 radical (unpaired) electrons. The topological polar surface area (TPSA) is 42.5 Å². The number of allylic oxidation sites excluding steroid dienone is 1. The predicted molar refractivity (Wildman–Crippen MR) is 262 cm³/mol. The Morgan fingerprint density at radius 1 is 0.397 bits per heavy atom. The van der Waals surface area contributed by atoms with E-state index in [1.165, 1.54) is 71.5 Å². The Morgan fingerprint density at radius 2 is 0.794 bits per heavy atom. The second-order valence-electron chi connectivity index (χ2n) is 16.2. The maximum Gasteiger partial charge on any atom is 0.119 e. The first-order valence-electron chi connectivity index (χ1n) is 21.3. The summed E-state index contributed by atoms with van der Waals surface area (Å²) in [5.41, 5.74) is 16.2. The highest BCUT2D eigenvalue weighted by Crippen LogP contribution is 2.40. The van der Waals surface area contributed by atoms with Crippen LogP contribution in [0.2, 0.25) is 0 Å². The zero-order chi connectivity index (χ0) is 42.8. The number of methoxy groups -OCH3 is 3. The molecule has 11 aromatic rings. The molecular formula is C57H45N3O3. The molecule has 8 aromatic carbocycles. The van der Waals surface area contributed by atoms with Crippen LogP contribution in [0.5, 0.6) is 17.2 Å². The van der Waals surface area contributed by atoms with Crippen LogP contribution in [0.1, 0.15) is 23.7 Å². The van der Waals surface area contributed by atoms with Crippen molar-refractivity contribution in [3.8, 4) is 45.4 Å². The van der Waals surface area contributed by atoms with Gasteiger partial charge in [-0.3, -0.25) is 0 Å². The number of nitrogens with zero attached hydrogens (tertiary/aromatic N) is 3. The van der Waals surface area contributed by atoms with Gasteiger partial charge in [0.1, 0.15) is 17.2 Å². The van der Waals surface area contributed by atoms with Crippen molar-refractivity contribution in [2.45, 2.75) is 13.8 Å². The smallest absolute Gasteiger partial charge is 0.119 e. The van der Waals surface area contributed by atoms with Crippen LogP contribution < -0.4 is 14.2 Å². The average molecular weight is 820 g/mol. The van der Waals surface area contributed by atoms with Crippen molar-refractivity contribution in [1.82, 2.24) is 13.7 Å². The molecule has 0 spiro atoms. The van der Waals surface area contributed by atoms with E-state index in [2.05, 4.69) is 173 Å². The molecule has 0 saturated heterocycles. The van der Waals surface area contributed by atoms with E-state index < -0.39 is 0 Å². The van der Waals surface area contributed by atoms with Gasteiger partial charge in [-0.05, 0) is 164 Å². The van der Waals surface area contributed by atoms with Crippen LogP contribution in [0.4, 0.5) is 0 Å². The van der Waals surface area contributed by atoms with Crippen molar-refractivity contribution >= 4 is 66.2 Å². The molecule has 0 atom stereocenters. The lowest BCUT2D eigenvalue weighted by atomic mass is 9.98. The van der Waals surface area contributed by atoms with Crippen LogP contribution >= 0.6 is 0 Å². The maximum absolute atomic E-state index is 5.55. The molecule has 0 fully saturated rings. The molecule has 0 bridgehead atoms. The molecule has 0 unspecified atom stereocenters. The highest BCUT2D eigenvalue weighted by Gasteiger charge is 2.19. The number of fused-ring (bicyclic) bond motifs is 7. The highest BCUT2D eigenvalue weighted by molar-refractivity contribution is 6.13. The number of benzene rings is 8. The molecule has 0 aliphatic heterocycles. The van der Waals surface area contributed by atoms with E-state index in [9.17, 15) is 0 Å². The van der Waals surface area contributed by atoms with Gasteiger partial charge in [0.15, 0.2) is 0 Å². The van der Waals surface area contributed by atoms with Crippen molar-refractivity contribution in [3.05, 3.63) is 193 Å². The summed E-state index contributed by atoms with van der Waals surface area (Å²) in [5.74, 6) is 2.51. The first-order valence-corrected chi connectivity index (χ1v) is 21.3. The minimum absolute atomic E-state index is 0.831. The van der Waals surface area contributed by atoms with Crippen molar-refractivity contribution < 1.29 is 14.2 Å². The Labute approximate surface area is 366 Å². The fourth-order valence-corrected chi connectivity index (χ4v) is 9.56. The fraction of sp³-hybridized carbons (Fsp3) is 0.0877. The summed E-state index contributed by atoms with van der Waals surface area (Å²) < 4.78 is 23.6. The number of ether oxygens (including phenoxy) is 3. The molecule has 3 aromatic heterocycles. The van der Waals surface area contributed by atoms with Crippen LogP contribution in [0.15, 0.2) is 176 Å². The average Bonchev–Trinajstić information content (AvgIpc) is 3.95. The summed E-state index contributed by atoms with van der Waals surface area (Å²) in [5, 5.41) is 6.04.